The first-order valence-corrected chi connectivity index (χ1v) is 11.0. The second-order valence-corrected chi connectivity index (χ2v) is 10.1. The number of carbonyl (C=O) groups excluding carboxylic acids is 1. The SMILES string of the molecule is CC(C)(C)OC(=O)Cn1cc(C2NS(=O)(=O)c3ccccc32)c2c(Cl)cccc21. The zero-order chi connectivity index (χ0) is 21.0. The predicted octanol–water partition coefficient (Wildman–Crippen LogP) is 4.02. The van der Waals surface area contributed by atoms with Crippen molar-refractivity contribution >= 4 is 38.5 Å². The van der Waals surface area contributed by atoms with Crippen LogP contribution in [0.3, 0.4) is 0 Å². The molecule has 1 N–H and O–H groups in total. The molecule has 0 saturated carbocycles. The highest BCUT2D eigenvalue weighted by Gasteiger charge is 2.36. The topological polar surface area (TPSA) is 77.4 Å². The number of fused-ring (bicyclic) bond motifs is 2. The molecule has 8 heteroatoms. The van der Waals surface area contributed by atoms with Crippen molar-refractivity contribution in [1.82, 2.24) is 9.29 Å². The van der Waals surface area contributed by atoms with Crippen molar-refractivity contribution in [1.29, 1.82) is 0 Å². The van der Waals surface area contributed by atoms with Crippen LogP contribution in [0.25, 0.3) is 10.9 Å². The van der Waals surface area contributed by atoms with Crippen LogP contribution in [0, 0.1) is 0 Å². The lowest BCUT2D eigenvalue weighted by molar-refractivity contribution is -0.155. The molecule has 29 heavy (non-hydrogen) atoms. The summed E-state index contributed by atoms with van der Waals surface area (Å²) in [4.78, 5) is 12.7. The zero-order valence-corrected chi connectivity index (χ0v) is 17.8. The summed E-state index contributed by atoms with van der Waals surface area (Å²) in [7, 11) is -3.62. The summed E-state index contributed by atoms with van der Waals surface area (Å²) >= 11 is 6.49. The molecule has 0 fully saturated rings. The van der Waals surface area contributed by atoms with Gasteiger partial charge >= 0.3 is 5.97 Å². The fourth-order valence-corrected chi connectivity index (χ4v) is 5.40. The molecule has 2 heterocycles. The molecule has 1 aromatic heterocycles. The van der Waals surface area contributed by atoms with Crippen LogP contribution >= 0.6 is 11.6 Å². The Morgan fingerprint density at radius 1 is 1.14 bits per heavy atom. The van der Waals surface area contributed by atoms with E-state index in [2.05, 4.69) is 4.72 Å². The maximum absolute atomic E-state index is 12.6. The van der Waals surface area contributed by atoms with Crippen LogP contribution in [-0.2, 0) is 26.1 Å². The quantitative estimate of drug-likeness (QED) is 0.634. The van der Waals surface area contributed by atoms with Crippen LogP contribution in [0.5, 0.6) is 0 Å². The maximum Gasteiger partial charge on any atom is 0.326 e. The number of hydrogen-bond donors (Lipinski definition) is 1. The number of nitrogens with zero attached hydrogens (tertiary/aromatic N) is 1. The van der Waals surface area contributed by atoms with Gasteiger partial charge < -0.3 is 9.30 Å². The Balaban J connectivity index is 1.84. The Hall–Kier alpha value is -2.35. The summed E-state index contributed by atoms with van der Waals surface area (Å²) in [6.07, 6.45) is 1.77. The summed E-state index contributed by atoms with van der Waals surface area (Å²) in [6, 6.07) is 11.7. The van der Waals surface area contributed by atoms with E-state index in [4.69, 9.17) is 16.3 Å². The number of ether oxygens (including phenoxy) is 1. The number of hydrogen-bond acceptors (Lipinski definition) is 4. The summed E-state index contributed by atoms with van der Waals surface area (Å²) in [5, 5.41) is 1.20. The van der Waals surface area contributed by atoms with E-state index in [1.165, 1.54) is 0 Å². The van der Waals surface area contributed by atoms with E-state index in [-0.39, 0.29) is 17.4 Å². The van der Waals surface area contributed by atoms with Gasteiger partial charge in [0.1, 0.15) is 12.1 Å². The van der Waals surface area contributed by atoms with Gasteiger partial charge in [-0.05, 0) is 44.5 Å². The van der Waals surface area contributed by atoms with Crippen molar-refractivity contribution in [2.75, 3.05) is 0 Å². The summed E-state index contributed by atoms with van der Waals surface area (Å²) in [5.74, 6) is -0.381. The van der Waals surface area contributed by atoms with Gasteiger partial charge in [-0.15, -0.1) is 0 Å². The molecular formula is C21H21ClN2O4S. The Bertz CT molecular complexity index is 1230. The molecule has 3 aromatic rings. The van der Waals surface area contributed by atoms with Gasteiger partial charge in [0.15, 0.2) is 0 Å². The van der Waals surface area contributed by atoms with Gasteiger partial charge in [-0.2, -0.15) is 4.72 Å². The lowest BCUT2D eigenvalue weighted by Gasteiger charge is -2.19. The highest BCUT2D eigenvalue weighted by molar-refractivity contribution is 7.89. The highest BCUT2D eigenvalue weighted by Crippen LogP contribution is 2.40. The molecule has 4 rings (SSSR count). The number of halogens is 1. The van der Waals surface area contributed by atoms with Gasteiger partial charge in [0.2, 0.25) is 10.0 Å². The molecule has 1 aliphatic heterocycles. The van der Waals surface area contributed by atoms with Gasteiger partial charge in [0, 0.05) is 17.1 Å². The molecule has 0 spiro atoms. The molecule has 0 aliphatic carbocycles. The number of nitrogens with one attached hydrogen (secondary N) is 1. The van der Waals surface area contributed by atoms with Gasteiger partial charge in [-0.1, -0.05) is 35.9 Å². The van der Waals surface area contributed by atoms with Gasteiger partial charge in [0.25, 0.3) is 0 Å². The third-order valence-electron chi connectivity index (χ3n) is 4.71. The van der Waals surface area contributed by atoms with Gasteiger partial charge in [-0.25, -0.2) is 8.42 Å². The van der Waals surface area contributed by atoms with E-state index in [1.54, 1.807) is 47.2 Å². The first kappa shape index (κ1) is 19.9. The number of rotatable bonds is 3. The smallest absolute Gasteiger partial charge is 0.326 e. The molecule has 1 atom stereocenters. The number of benzene rings is 2. The Kier molecular flexibility index (Phi) is 4.72. The first-order chi connectivity index (χ1) is 13.6. The minimum atomic E-state index is -3.62. The van der Waals surface area contributed by atoms with Crippen molar-refractivity contribution in [3.63, 3.8) is 0 Å². The molecule has 1 aliphatic rings. The van der Waals surface area contributed by atoms with E-state index in [1.807, 2.05) is 26.8 Å². The van der Waals surface area contributed by atoms with Crippen molar-refractivity contribution in [3.05, 3.63) is 64.8 Å². The Morgan fingerprint density at radius 2 is 1.86 bits per heavy atom. The standard InChI is InChI=1S/C21H21ClN2O4S/c1-21(2,3)28-18(25)12-24-11-14(19-15(22)8-6-9-16(19)24)20-13-7-4-5-10-17(13)29(26,27)23-20/h4-11,20,23H,12H2,1-3H3. The van der Waals surface area contributed by atoms with E-state index in [0.717, 1.165) is 5.52 Å². The first-order valence-electron chi connectivity index (χ1n) is 9.17. The minimum absolute atomic E-state index is 0.00473. The average molecular weight is 433 g/mol. The van der Waals surface area contributed by atoms with E-state index in [0.29, 0.717) is 21.5 Å². The monoisotopic (exact) mass is 432 g/mol. The van der Waals surface area contributed by atoms with Gasteiger partial charge in [-0.3, -0.25) is 4.79 Å². The largest absolute Gasteiger partial charge is 0.459 e. The number of aromatic nitrogens is 1. The average Bonchev–Trinajstić information content (AvgIpc) is 3.10. The van der Waals surface area contributed by atoms with Crippen molar-refractivity contribution < 1.29 is 17.9 Å². The molecule has 0 saturated heterocycles. The minimum Gasteiger partial charge on any atom is -0.459 e. The summed E-state index contributed by atoms with van der Waals surface area (Å²) in [6.45, 7) is 5.43. The van der Waals surface area contributed by atoms with Crippen LogP contribution in [-0.4, -0.2) is 24.6 Å². The molecule has 0 amide bonds. The van der Waals surface area contributed by atoms with E-state index < -0.39 is 21.7 Å². The molecular weight excluding hydrogens is 412 g/mol. The summed E-state index contributed by atoms with van der Waals surface area (Å²) in [5.41, 5.74) is 1.49. The normalized spacial score (nSPS) is 18.0. The molecule has 1 unspecified atom stereocenters. The molecule has 152 valence electrons. The van der Waals surface area contributed by atoms with Crippen LogP contribution in [0.1, 0.15) is 37.9 Å². The molecule has 6 nitrogen and oxygen atoms in total. The second-order valence-electron chi connectivity index (χ2n) is 8.02. The number of carbonyl (C=O) groups is 1. The Labute approximate surface area is 174 Å². The lowest BCUT2D eigenvalue weighted by atomic mass is 9.99. The van der Waals surface area contributed by atoms with Crippen LogP contribution < -0.4 is 4.72 Å². The second kappa shape index (κ2) is 6.86. The molecule has 2 aromatic carbocycles. The maximum atomic E-state index is 12.6. The fraction of sp³-hybridized carbons (Fsp3) is 0.286. The van der Waals surface area contributed by atoms with Crippen molar-refractivity contribution in [3.8, 4) is 0 Å². The predicted molar refractivity (Wildman–Crippen MR) is 111 cm³/mol. The van der Waals surface area contributed by atoms with Crippen LogP contribution in [0.2, 0.25) is 5.02 Å². The van der Waals surface area contributed by atoms with Crippen LogP contribution in [0.15, 0.2) is 53.6 Å². The third kappa shape index (κ3) is 3.66. The molecule has 0 bridgehead atoms. The fourth-order valence-electron chi connectivity index (χ4n) is 3.68. The van der Waals surface area contributed by atoms with Crippen molar-refractivity contribution in [2.45, 2.75) is 43.9 Å². The Morgan fingerprint density at radius 3 is 2.59 bits per heavy atom. The van der Waals surface area contributed by atoms with E-state index in [9.17, 15) is 13.2 Å². The van der Waals surface area contributed by atoms with E-state index >= 15 is 0 Å². The third-order valence-corrected chi connectivity index (χ3v) is 6.52. The highest BCUT2D eigenvalue weighted by atomic mass is 35.5. The molecule has 0 radical (unpaired) electrons. The lowest BCUT2D eigenvalue weighted by Crippen LogP contribution is -2.26. The zero-order valence-electron chi connectivity index (χ0n) is 16.3. The number of sulfonamides is 1. The van der Waals surface area contributed by atoms with Crippen molar-refractivity contribution in [2.24, 2.45) is 0 Å². The van der Waals surface area contributed by atoms with Gasteiger partial charge in [0.05, 0.1) is 21.5 Å². The van der Waals surface area contributed by atoms with Crippen LogP contribution in [0.4, 0.5) is 0 Å². The summed E-state index contributed by atoms with van der Waals surface area (Å²) < 4.78 is 35.1. The number of esters is 1.